The zero-order valence-electron chi connectivity index (χ0n) is 26.3. The first-order valence-electron chi connectivity index (χ1n) is 16.4. The van der Waals surface area contributed by atoms with Gasteiger partial charge in [0.15, 0.2) is 0 Å². The maximum absolute atomic E-state index is 6.70. The van der Waals surface area contributed by atoms with Gasteiger partial charge in [0.05, 0.1) is 11.0 Å². The van der Waals surface area contributed by atoms with E-state index in [0.717, 1.165) is 55.5 Å². The lowest BCUT2D eigenvalue weighted by atomic mass is 10.1. The summed E-state index contributed by atoms with van der Waals surface area (Å²) >= 11 is 8.54. The fourth-order valence-corrected chi connectivity index (χ4v) is 8.76. The quantitative estimate of drug-likeness (QED) is 0.178. The lowest BCUT2D eigenvalue weighted by Gasteiger charge is -2.26. The second-order valence-corrected chi connectivity index (χ2v) is 13.9. The molecule has 3 aromatic heterocycles. The van der Waals surface area contributed by atoms with E-state index in [2.05, 4.69) is 178 Å². The number of halogens is 1. The van der Waals surface area contributed by atoms with E-state index in [1.165, 1.54) is 30.9 Å². The van der Waals surface area contributed by atoms with E-state index in [0.29, 0.717) is 0 Å². The summed E-state index contributed by atoms with van der Waals surface area (Å²) in [5.41, 5.74) is 8.89. The molecular formula is C44H28ClN3S. The van der Waals surface area contributed by atoms with Crippen LogP contribution in [-0.2, 0) is 0 Å². The van der Waals surface area contributed by atoms with Crippen molar-refractivity contribution in [3.05, 3.63) is 175 Å². The Morgan fingerprint density at radius 2 is 1.02 bits per heavy atom. The molecular weight excluding hydrogens is 638 g/mol. The first kappa shape index (κ1) is 28.2. The number of hydrogen-bond donors (Lipinski definition) is 0. The van der Waals surface area contributed by atoms with E-state index in [1.54, 1.807) is 0 Å². The van der Waals surface area contributed by atoms with E-state index >= 15 is 0 Å². The largest absolute Gasteiger partial charge is 0.310 e. The van der Waals surface area contributed by atoms with Crippen molar-refractivity contribution in [2.75, 3.05) is 4.90 Å². The Morgan fingerprint density at radius 1 is 0.429 bits per heavy atom. The highest BCUT2D eigenvalue weighted by molar-refractivity contribution is 7.25. The van der Waals surface area contributed by atoms with E-state index in [9.17, 15) is 0 Å². The summed E-state index contributed by atoms with van der Waals surface area (Å²) in [6.45, 7) is 0. The third kappa shape index (κ3) is 4.42. The van der Waals surface area contributed by atoms with Gasteiger partial charge in [-0.25, -0.2) is 0 Å². The minimum atomic E-state index is 0.726. The van der Waals surface area contributed by atoms with Gasteiger partial charge < -0.3 is 4.90 Å². The molecule has 0 bridgehead atoms. The number of anilines is 3. The molecule has 0 amide bonds. The summed E-state index contributed by atoms with van der Waals surface area (Å²) in [5, 5.41) is 6.82. The number of para-hydroxylation sites is 3. The highest BCUT2D eigenvalue weighted by Gasteiger charge is 2.24. The van der Waals surface area contributed by atoms with Crippen LogP contribution in [0, 0.1) is 0 Å². The average molecular weight is 666 g/mol. The Bertz CT molecular complexity index is 2830. The molecule has 5 heteroatoms. The Kier molecular flexibility index (Phi) is 6.41. The van der Waals surface area contributed by atoms with Crippen LogP contribution in [0.3, 0.4) is 0 Å². The van der Waals surface area contributed by atoms with Crippen molar-refractivity contribution in [1.82, 2.24) is 9.13 Å². The Balaban J connectivity index is 1.29. The van der Waals surface area contributed by atoms with Gasteiger partial charge in [0.2, 0.25) is 0 Å². The minimum absolute atomic E-state index is 0.726. The SMILES string of the molecule is Clc1ccc2c(c1)c1c3ccc(N(c4ccccc4)c4ccc5c(c4)sc4ccccc45)cc3n(-c3ccccc3)c1n2-c1ccccc1. The summed E-state index contributed by atoms with van der Waals surface area (Å²) in [7, 11) is 0. The van der Waals surface area contributed by atoms with Gasteiger partial charge in [-0.3, -0.25) is 9.13 Å². The molecule has 10 aromatic rings. The van der Waals surface area contributed by atoms with Gasteiger partial charge in [0, 0.05) is 69.8 Å². The lowest BCUT2D eigenvalue weighted by molar-refractivity contribution is 1.07. The van der Waals surface area contributed by atoms with Crippen LogP contribution in [0.2, 0.25) is 5.02 Å². The minimum Gasteiger partial charge on any atom is -0.310 e. The van der Waals surface area contributed by atoms with Crippen molar-refractivity contribution in [2.45, 2.75) is 0 Å². The number of rotatable bonds is 5. The monoisotopic (exact) mass is 665 g/mol. The third-order valence-corrected chi connectivity index (χ3v) is 10.9. The van der Waals surface area contributed by atoms with Crippen LogP contribution in [0.25, 0.3) is 64.4 Å². The molecule has 0 saturated heterocycles. The Hall–Kier alpha value is -5.81. The topological polar surface area (TPSA) is 13.1 Å². The number of hydrogen-bond acceptors (Lipinski definition) is 2. The fourth-order valence-electron chi connectivity index (χ4n) is 7.45. The molecule has 0 radical (unpaired) electrons. The van der Waals surface area contributed by atoms with E-state index in [4.69, 9.17) is 11.6 Å². The van der Waals surface area contributed by atoms with Gasteiger partial charge in [-0.2, -0.15) is 0 Å². The van der Waals surface area contributed by atoms with Gasteiger partial charge in [0.25, 0.3) is 0 Å². The molecule has 7 aromatic carbocycles. The molecule has 0 fully saturated rings. The molecule has 0 saturated carbocycles. The van der Waals surface area contributed by atoms with Crippen molar-refractivity contribution in [1.29, 1.82) is 0 Å². The van der Waals surface area contributed by atoms with E-state index in [1.807, 2.05) is 17.4 Å². The number of fused-ring (bicyclic) bond motifs is 8. The highest BCUT2D eigenvalue weighted by Crippen LogP contribution is 2.45. The molecule has 0 spiro atoms. The molecule has 0 aliphatic rings. The van der Waals surface area contributed by atoms with Gasteiger partial charge >= 0.3 is 0 Å². The molecule has 0 aliphatic heterocycles. The van der Waals surface area contributed by atoms with E-state index < -0.39 is 0 Å². The van der Waals surface area contributed by atoms with Crippen LogP contribution in [0.15, 0.2) is 170 Å². The lowest BCUT2D eigenvalue weighted by Crippen LogP contribution is -2.10. The van der Waals surface area contributed by atoms with Crippen LogP contribution in [-0.4, -0.2) is 9.13 Å². The predicted octanol–water partition coefficient (Wildman–Crippen LogP) is 13.2. The normalized spacial score (nSPS) is 11.8. The predicted molar refractivity (Wildman–Crippen MR) is 210 cm³/mol. The summed E-state index contributed by atoms with van der Waals surface area (Å²) < 4.78 is 7.37. The van der Waals surface area contributed by atoms with Crippen LogP contribution >= 0.6 is 22.9 Å². The van der Waals surface area contributed by atoms with Gasteiger partial charge in [-0.05, 0) is 84.9 Å². The van der Waals surface area contributed by atoms with Gasteiger partial charge in [0.1, 0.15) is 5.65 Å². The van der Waals surface area contributed by atoms with Crippen molar-refractivity contribution < 1.29 is 0 Å². The number of nitrogens with zero attached hydrogens (tertiary/aromatic N) is 3. The van der Waals surface area contributed by atoms with Crippen LogP contribution in [0.4, 0.5) is 17.1 Å². The van der Waals surface area contributed by atoms with Gasteiger partial charge in [-0.15, -0.1) is 11.3 Å². The molecule has 232 valence electrons. The molecule has 49 heavy (non-hydrogen) atoms. The Labute approximate surface area is 292 Å². The van der Waals surface area contributed by atoms with Crippen molar-refractivity contribution in [3.8, 4) is 11.4 Å². The summed E-state index contributed by atoms with van der Waals surface area (Å²) in [4.78, 5) is 2.37. The molecule has 0 unspecified atom stereocenters. The first-order valence-corrected chi connectivity index (χ1v) is 17.6. The maximum Gasteiger partial charge on any atom is 0.131 e. The van der Waals surface area contributed by atoms with Crippen molar-refractivity contribution >= 4 is 93.0 Å². The van der Waals surface area contributed by atoms with Crippen LogP contribution < -0.4 is 4.90 Å². The average Bonchev–Trinajstić information content (AvgIpc) is 3.79. The zero-order valence-corrected chi connectivity index (χ0v) is 27.9. The Morgan fingerprint density at radius 3 is 1.76 bits per heavy atom. The molecule has 3 nitrogen and oxygen atoms in total. The molecule has 0 aliphatic carbocycles. The van der Waals surface area contributed by atoms with Crippen LogP contribution in [0.1, 0.15) is 0 Å². The number of benzene rings is 7. The maximum atomic E-state index is 6.70. The summed E-state index contributed by atoms with van der Waals surface area (Å²) in [6.07, 6.45) is 0. The molecule has 0 atom stereocenters. The molecule has 10 rings (SSSR count). The van der Waals surface area contributed by atoms with Crippen molar-refractivity contribution in [2.24, 2.45) is 0 Å². The summed E-state index contributed by atoms with van der Waals surface area (Å²) in [6, 6.07) is 60.6. The van der Waals surface area contributed by atoms with Crippen molar-refractivity contribution in [3.63, 3.8) is 0 Å². The van der Waals surface area contributed by atoms with Crippen LogP contribution in [0.5, 0.6) is 0 Å². The standard InChI is InChI=1S/C44H28ClN3S/c45-29-20-25-39-38(26-29)43-37-24-22-33(27-40(37)48(32-16-8-3-9-17-32)44(43)47(39)31-14-6-2-7-15-31)46(30-12-4-1-5-13-30)34-21-23-36-35-18-10-11-19-41(35)49-42(36)28-34/h1-28H. The molecule has 0 N–H and O–H groups in total. The first-order chi connectivity index (χ1) is 24.2. The number of thiophene rings is 1. The highest BCUT2D eigenvalue weighted by atomic mass is 35.5. The fraction of sp³-hybridized carbons (Fsp3) is 0. The molecule has 3 heterocycles. The smallest absolute Gasteiger partial charge is 0.131 e. The van der Waals surface area contributed by atoms with Gasteiger partial charge in [-0.1, -0.05) is 96.5 Å². The number of aromatic nitrogens is 2. The summed E-state index contributed by atoms with van der Waals surface area (Å²) in [5.74, 6) is 0. The van der Waals surface area contributed by atoms with E-state index in [-0.39, 0.29) is 0 Å². The second kappa shape index (κ2) is 11.1. The zero-order chi connectivity index (χ0) is 32.5. The third-order valence-electron chi connectivity index (χ3n) is 9.53. The second-order valence-electron chi connectivity index (χ2n) is 12.4.